The maximum Gasteiger partial charge on any atom is 0.324 e. The van der Waals surface area contributed by atoms with Gasteiger partial charge in [-0.3, -0.25) is 19.6 Å². The summed E-state index contributed by atoms with van der Waals surface area (Å²) in [5.74, 6) is 0.323. The van der Waals surface area contributed by atoms with Crippen LogP contribution in [0.2, 0.25) is 0 Å². The van der Waals surface area contributed by atoms with Gasteiger partial charge in [-0.1, -0.05) is 55.0 Å². The minimum atomic E-state index is -0.518. The van der Waals surface area contributed by atoms with Crippen LogP contribution in [0.5, 0.6) is 0 Å². The Labute approximate surface area is 175 Å². The lowest BCUT2D eigenvalue weighted by molar-refractivity contribution is -0.380. The summed E-state index contributed by atoms with van der Waals surface area (Å²) in [5, 5.41) is 18.2. The number of rotatable bonds is 6. The van der Waals surface area contributed by atoms with E-state index in [-0.39, 0.29) is 9.88 Å². The van der Waals surface area contributed by atoms with Crippen LogP contribution in [0.15, 0.2) is 42.5 Å². The van der Waals surface area contributed by atoms with Crippen LogP contribution in [0.3, 0.4) is 0 Å². The minimum absolute atomic E-state index is 0.0938. The van der Waals surface area contributed by atoms with Crippen molar-refractivity contribution in [3.05, 3.63) is 63.1 Å². The smallest absolute Gasteiger partial charge is 0.304 e. The van der Waals surface area contributed by atoms with E-state index in [0.29, 0.717) is 22.7 Å². The Kier molecular flexibility index (Phi) is 5.23. The molecule has 0 aliphatic heterocycles. The highest BCUT2D eigenvalue weighted by Gasteiger charge is 2.21. The van der Waals surface area contributed by atoms with Crippen LogP contribution in [-0.4, -0.2) is 30.6 Å². The van der Waals surface area contributed by atoms with Gasteiger partial charge in [0.15, 0.2) is 11.6 Å². The first-order chi connectivity index (χ1) is 14.5. The molecule has 30 heavy (non-hydrogen) atoms. The molecule has 0 saturated heterocycles. The van der Waals surface area contributed by atoms with Gasteiger partial charge < -0.3 is 5.32 Å². The molecule has 9 nitrogen and oxygen atoms in total. The zero-order chi connectivity index (χ0) is 21.3. The highest BCUT2D eigenvalue weighted by atomic mass is 32.1. The van der Waals surface area contributed by atoms with Crippen LogP contribution in [0, 0.1) is 10.1 Å². The number of nitrogens with zero attached hydrogens (tertiary/aromatic N) is 5. The quantitative estimate of drug-likeness (QED) is 0.368. The molecule has 3 heterocycles. The highest BCUT2D eigenvalue weighted by Crippen LogP contribution is 2.29. The molecule has 0 bridgehead atoms. The fraction of sp³-hybridized carbons (Fsp3) is 0.200. The first-order valence-electron chi connectivity index (χ1n) is 9.32. The predicted molar refractivity (Wildman–Crippen MR) is 115 cm³/mol. The lowest BCUT2D eigenvalue weighted by atomic mass is 10.2. The zero-order valence-corrected chi connectivity index (χ0v) is 17.1. The molecule has 0 atom stereocenters. The van der Waals surface area contributed by atoms with Crippen LogP contribution >= 0.6 is 11.3 Å². The van der Waals surface area contributed by atoms with Crippen molar-refractivity contribution in [3.63, 3.8) is 0 Å². The van der Waals surface area contributed by atoms with Gasteiger partial charge in [0.25, 0.3) is 5.91 Å². The van der Waals surface area contributed by atoms with E-state index in [4.69, 9.17) is 4.98 Å². The number of fused-ring (bicyclic) bond motifs is 1. The Hall–Kier alpha value is -3.66. The monoisotopic (exact) mass is 422 g/mol. The second-order valence-electron chi connectivity index (χ2n) is 6.63. The third kappa shape index (κ3) is 3.64. The molecular weight excluding hydrogens is 404 g/mol. The summed E-state index contributed by atoms with van der Waals surface area (Å²) in [6.07, 6.45) is 1.64. The van der Waals surface area contributed by atoms with Gasteiger partial charge in [-0.25, -0.2) is 9.97 Å². The molecule has 10 heteroatoms. The predicted octanol–water partition coefficient (Wildman–Crippen LogP) is 4.20. The molecule has 4 rings (SSSR count). The van der Waals surface area contributed by atoms with Gasteiger partial charge in [-0.2, -0.15) is 5.10 Å². The molecule has 3 aromatic heterocycles. The molecule has 0 radical (unpaired) electrons. The number of aryl methyl sites for hydroxylation is 2. The lowest BCUT2D eigenvalue weighted by Gasteiger charge is -2.08. The number of benzene rings is 1. The van der Waals surface area contributed by atoms with Crippen LogP contribution in [0.25, 0.3) is 22.4 Å². The van der Waals surface area contributed by atoms with E-state index in [1.165, 1.54) is 12.1 Å². The first-order valence-corrected chi connectivity index (χ1v) is 10.1. The third-order valence-corrected chi connectivity index (χ3v) is 5.53. The van der Waals surface area contributed by atoms with Crippen LogP contribution in [0.1, 0.15) is 28.7 Å². The molecule has 0 saturated carbocycles. The van der Waals surface area contributed by atoms with E-state index in [9.17, 15) is 14.9 Å². The van der Waals surface area contributed by atoms with Crippen molar-refractivity contribution in [3.8, 4) is 11.4 Å². The number of aromatic nitrogens is 4. The van der Waals surface area contributed by atoms with E-state index in [2.05, 4.69) is 22.3 Å². The van der Waals surface area contributed by atoms with E-state index in [1.807, 2.05) is 30.3 Å². The van der Waals surface area contributed by atoms with Gasteiger partial charge in [0.2, 0.25) is 0 Å². The van der Waals surface area contributed by atoms with E-state index >= 15 is 0 Å². The van der Waals surface area contributed by atoms with Crippen molar-refractivity contribution in [2.75, 3.05) is 5.32 Å². The molecule has 152 valence electrons. The second-order valence-corrected chi connectivity index (χ2v) is 7.69. The number of carbonyl (C=O) groups is 1. The maximum absolute atomic E-state index is 12.8. The Bertz CT molecular complexity index is 1250. The Morgan fingerprint density at radius 2 is 1.97 bits per heavy atom. The van der Waals surface area contributed by atoms with Crippen LogP contribution < -0.4 is 5.32 Å². The summed E-state index contributed by atoms with van der Waals surface area (Å²) in [6, 6.07) is 12.2. The molecule has 0 spiro atoms. The number of thiophene rings is 1. The molecular formula is C20H18N6O3S. The number of anilines is 1. The van der Waals surface area contributed by atoms with Gasteiger partial charge in [0, 0.05) is 18.7 Å². The van der Waals surface area contributed by atoms with Crippen LogP contribution in [0.4, 0.5) is 10.8 Å². The summed E-state index contributed by atoms with van der Waals surface area (Å²) >= 11 is 0.815. The zero-order valence-electron chi connectivity index (χ0n) is 16.3. The summed E-state index contributed by atoms with van der Waals surface area (Å²) in [6.45, 7) is 2.06. The summed E-state index contributed by atoms with van der Waals surface area (Å²) in [4.78, 5) is 32.7. The highest BCUT2D eigenvalue weighted by molar-refractivity contribution is 7.17. The fourth-order valence-electron chi connectivity index (χ4n) is 3.17. The first kappa shape index (κ1) is 19.6. The number of nitrogens with one attached hydrogen (secondary N) is 1. The molecule has 4 aromatic rings. The van der Waals surface area contributed by atoms with Crippen molar-refractivity contribution in [2.24, 2.45) is 7.05 Å². The number of hydrogen-bond donors (Lipinski definition) is 1. The minimum Gasteiger partial charge on any atom is -0.304 e. The Balaban J connectivity index is 1.82. The van der Waals surface area contributed by atoms with Gasteiger partial charge in [-0.15, -0.1) is 0 Å². The van der Waals surface area contributed by atoms with E-state index in [1.54, 1.807) is 11.7 Å². The van der Waals surface area contributed by atoms with Crippen molar-refractivity contribution in [1.29, 1.82) is 0 Å². The number of nitro groups is 1. The molecule has 0 aliphatic rings. The summed E-state index contributed by atoms with van der Waals surface area (Å²) < 4.78 is 1.65. The average molecular weight is 422 g/mol. The maximum atomic E-state index is 12.8. The molecule has 0 fully saturated rings. The van der Waals surface area contributed by atoms with E-state index < -0.39 is 10.8 Å². The lowest BCUT2D eigenvalue weighted by Crippen LogP contribution is -2.13. The van der Waals surface area contributed by atoms with Gasteiger partial charge in [-0.05, 0) is 12.5 Å². The topological polar surface area (TPSA) is 116 Å². The summed E-state index contributed by atoms with van der Waals surface area (Å²) in [7, 11) is 1.78. The number of carbonyl (C=O) groups excluding carboxylic acids is 1. The molecule has 1 N–H and O–H groups in total. The van der Waals surface area contributed by atoms with Crippen LogP contribution in [-0.2, 0) is 13.5 Å². The standard InChI is InChI=1S/C20H18N6O3S/c1-3-7-13-16-17(25(2)24-13)19(22-18(21-16)12-8-5-4-6-9-12)23-20(27)14-10-11-15(30-14)26(28)29/h4-6,8-11H,3,7H2,1-2H3,(H,21,22,23,27). The number of hydrogen-bond acceptors (Lipinski definition) is 7. The summed E-state index contributed by atoms with van der Waals surface area (Å²) in [5.41, 5.74) is 2.93. The number of amides is 1. The van der Waals surface area contributed by atoms with Crippen molar-refractivity contribution in [1.82, 2.24) is 19.7 Å². The van der Waals surface area contributed by atoms with Gasteiger partial charge >= 0.3 is 5.00 Å². The Morgan fingerprint density at radius 1 is 1.20 bits per heavy atom. The largest absolute Gasteiger partial charge is 0.324 e. The average Bonchev–Trinajstić information content (AvgIpc) is 3.35. The molecule has 1 aromatic carbocycles. The normalized spacial score (nSPS) is 11.0. The molecule has 0 aliphatic carbocycles. The van der Waals surface area contributed by atoms with Crippen molar-refractivity contribution >= 4 is 39.1 Å². The van der Waals surface area contributed by atoms with Gasteiger partial charge in [0.1, 0.15) is 11.0 Å². The molecule has 1 amide bonds. The second kappa shape index (κ2) is 7.99. The van der Waals surface area contributed by atoms with E-state index in [0.717, 1.165) is 35.4 Å². The van der Waals surface area contributed by atoms with Crippen molar-refractivity contribution in [2.45, 2.75) is 19.8 Å². The van der Waals surface area contributed by atoms with Gasteiger partial charge in [0.05, 0.1) is 15.5 Å². The Morgan fingerprint density at radius 3 is 2.63 bits per heavy atom. The van der Waals surface area contributed by atoms with Crippen molar-refractivity contribution < 1.29 is 9.72 Å². The SMILES string of the molecule is CCCc1nn(C)c2c(NC(=O)c3ccc([N+](=O)[O-])s3)nc(-c3ccccc3)nc12. The third-order valence-electron chi connectivity index (χ3n) is 4.50. The fourth-order valence-corrected chi connectivity index (χ4v) is 3.88. The molecule has 0 unspecified atom stereocenters.